The van der Waals surface area contributed by atoms with Crippen LogP contribution in [0.15, 0.2) is 46.9 Å². The van der Waals surface area contributed by atoms with Crippen molar-refractivity contribution < 1.29 is 9.53 Å². The van der Waals surface area contributed by atoms with Crippen LogP contribution in [0.25, 0.3) is 0 Å². The summed E-state index contributed by atoms with van der Waals surface area (Å²) >= 11 is 3.46. The minimum atomic E-state index is -0.216. The molecule has 1 unspecified atom stereocenters. The van der Waals surface area contributed by atoms with Crippen LogP contribution >= 0.6 is 15.9 Å². The molecule has 0 amide bonds. The smallest absolute Gasteiger partial charge is 0.313 e. The van der Waals surface area contributed by atoms with Crippen molar-refractivity contribution in [1.29, 1.82) is 0 Å². The molecule has 102 valence electrons. The Morgan fingerprint density at radius 2 is 2.10 bits per heavy atom. The summed E-state index contributed by atoms with van der Waals surface area (Å²) in [6, 6.07) is 13.7. The molecule has 2 aromatic rings. The number of nitrogens with one attached hydrogen (secondary N) is 1. The molecule has 1 aliphatic heterocycles. The Hall–Kier alpha value is -1.81. The molecule has 0 fully saturated rings. The van der Waals surface area contributed by atoms with E-state index in [0.29, 0.717) is 12.2 Å². The van der Waals surface area contributed by atoms with Gasteiger partial charge in [0.15, 0.2) is 5.75 Å². The van der Waals surface area contributed by atoms with Crippen molar-refractivity contribution in [3.05, 3.63) is 58.1 Å². The Morgan fingerprint density at radius 3 is 2.90 bits per heavy atom. The lowest BCUT2D eigenvalue weighted by atomic mass is 10.0. The SMILES string of the molecule is Cc1ccc2c(c1)OC(=O)CC(c1cccc(Br)c1)N2. The molecule has 0 aliphatic carbocycles. The fourth-order valence-corrected chi connectivity index (χ4v) is 2.74. The zero-order chi connectivity index (χ0) is 14.1. The molecular weight excluding hydrogens is 318 g/mol. The predicted octanol–water partition coefficient (Wildman–Crippen LogP) is 4.22. The first-order chi connectivity index (χ1) is 9.61. The van der Waals surface area contributed by atoms with Crippen LogP contribution in [0.4, 0.5) is 5.69 Å². The van der Waals surface area contributed by atoms with Crippen LogP contribution in [0, 0.1) is 6.92 Å². The van der Waals surface area contributed by atoms with E-state index in [0.717, 1.165) is 21.3 Å². The molecule has 1 heterocycles. The fourth-order valence-electron chi connectivity index (χ4n) is 2.33. The zero-order valence-corrected chi connectivity index (χ0v) is 12.6. The van der Waals surface area contributed by atoms with Crippen LogP contribution in [0.1, 0.15) is 23.6 Å². The van der Waals surface area contributed by atoms with Crippen molar-refractivity contribution >= 4 is 27.6 Å². The highest BCUT2D eigenvalue weighted by atomic mass is 79.9. The first kappa shape index (κ1) is 13.2. The number of ether oxygens (including phenoxy) is 1. The van der Waals surface area contributed by atoms with Crippen molar-refractivity contribution in [2.75, 3.05) is 5.32 Å². The Balaban J connectivity index is 1.98. The second-order valence-electron chi connectivity index (χ2n) is 4.93. The van der Waals surface area contributed by atoms with Crippen LogP contribution in [0.5, 0.6) is 5.75 Å². The summed E-state index contributed by atoms with van der Waals surface area (Å²) < 4.78 is 6.41. The second kappa shape index (κ2) is 5.29. The monoisotopic (exact) mass is 331 g/mol. The minimum Gasteiger partial charge on any atom is -0.424 e. The predicted molar refractivity (Wildman–Crippen MR) is 81.9 cm³/mol. The van der Waals surface area contributed by atoms with E-state index >= 15 is 0 Å². The van der Waals surface area contributed by atoms with E-state index in [4.69, 9.17) is 4.74 Å². The number of esters is 1. The first-order valence-corrected chi connectivity index (χ1v) is 7.24. The summed E-state index contributed by atoms with van der Waals surface area (Å²) in [5.41, 5.74) is 2.98. The number of aryl methyl sites for hydroxylation is 1. The summed E-state index contributed by atoms with van der Waals surface area (Å²) in [6.07, 6.45) is 0.310. The molecule has 0 radical (unpaired) electrons. The van der Waals surface area contributed by atoms with Gasteiger partial charge in [-0.3, -0.25) is 4.79 Å². The molecule has 1 atom stereocenters. The van der Waals surface area contributed by atoms with E-state index in [-0.39, 0.29) is 12.0 Å². The number of carbonyl (C=O) groups is 1. The van der Waals surface area contributed by atoms with Crippen molar-refractivity contribution in [1.82, 2.24) is 0 Å². The molecule has 0 saturated carbocycles. The third-order valence-corrected chi connectivity index (χ3v) is 3.81. The van der Waals surface area contributed by atoms with E-state index < -0.39 is 0 Å². The first-order valence-electron chi connectivity index (χ1n) is 6.45. The van der Waals surface area contributed by atoms with Gasteiger partial charge in [0.05, 0.1) is 18.2 Å². The molecular formula is C16H14BrNO2. The molecule has 3 nitrogen and oxygen atoms in total. The van der Waals surface area contributed by atoms with Gasteiger partial charge in [-0.1, -0.05) is 34.1 Å². The number of halogens is 1. The van der Waals surface area contributed by atoms with Crippen molar-refractivity contribution in [2.45, 2.75) is 19.4 Å². The van der Waals surface area contributed by atoms with Gasteiger partial charge in [0.2, 0.25) is 0 Å². The second-order valence-corrected chi connectivity index (χ2v) is 5.85. The Kier molecular flexibility index (Phi) is 3.49. The number of anilines is 1. The lowest BCUT2D eigenvalue weighted by molar-refractivity contribution is -0.134. The lowest BCUT2D eigenvalue weighted by Crippen LogP contribution is -2.14. The Labute approximate surface area is 126 Å². The zero-order valence-electron chi connectivity index (χ0n) is 11.0. The van der Waals surface area contributed by atoms with E-state index in [9.17, 15) is 4.79 Å². The van der Waals surface area contributed by atoms with Crippen LogP contribution in [0.2, 0.25) is 0 Å². The molecule has 0 aromatic heterocycles. The maximum atomic E-state index is 12.0. The topological polar surface area (TPSA) is 38.3 Å². The molecule has 0 saturated heterocycles. The van der Waals surface area contributed by atoms with Gasteiger partial charge in [-0.2, -0.15) is 0 Å². The van der Waals surface area contributed by atoms with E-state index in [2.05, 4.69) is 21.2 Å². The molecule has 0 spiro atoms. The number of benzene rings is 2. The summed E-state index contributed by atoms with van der Waals surface area (Å²) in [6.45, 7) is 1.98. The molecule has 1 aliphatic rings. The molecule has 20 heavy (non-hydrogen) atoms. The van der Waals surface area contributed by atoms with Crippen molar-refractivity contribution in [3.63, 3.8) is 0 Å². The largest absolute Gasteiger partial charge is 0.424 e. The molecule has 3 rings (SSSR count). The van der Waals surface area contributed by atoms with Gasteiger partial charge in [0, 0.05) is 4.47 Å². The number of rotatable bonds is 1. The van der Waals surface area contributed by atoms with Gasteiger partial charge in [-0.15, -0.1) is 0 Å². The lowest BCUT2D eigenvalue weighted by Gasteiger charge is -2.17. The van der Waals surface area contributed by atoms with Crippen LogP contribution in [-0.4, -0.2) is 5.97 Å². The highest BCUT2D eigenvalue weighted by Gasteiger charge is 2.23. The summed E-state index contributed by atoms with van der Waals surface area (Å²) in [7, 11) is 0. The quantitative estimate of drug-likeness (QED) is 0.628. The average molecular weight is 332 g/mol. The maximum absolute atomic E-state index is 12.0. The van der Waals surface area contributed by atoms with Crippen molar-refractivity contribution in [3.8, 4) is 5.75 Å². The average Bonchev–Trinajstić information content (AvgIpc) is 2.56. The van der Waals surface area contributed by atoms with Crippen LogP contribution in [-0.2, 0) is 4.79 Å². The van der Waals surface area contributed by atoms with Gasteiger partial charge in [-0.25, -0.2) is 0 Å². The van der Waals surface area contributed by atoms with Gasteiger partial charge in [0.25, 0.3) is 0 Å². The molecule has 1 N–H and O–H groups in total. The third-order valence-electron chi connectivity index (χ3n) is 3.31. The van der Waals surface area contributed by atoms with Crippen LogP contribution in [0.3, 0.4) is 0 Å². The summed E-state index contributed by atoms with van der Waals surface area (Å²) in [5, 5.41) is 3.39. The van der Waals surface area contributed by atoms with Gasteiger partial charge in [-0.05, 0) is 42.3 Å². The van der Waals surface area contributed by atoms with Gasteiger partial charge in [0.1, 0.15) is 0 Å². The third kappa shape index (κ3) is 2.70. The number of hydrogen-bond donors (Lipinski definition) is 1. The van der Waals surface area contributed by atoms with Gasteiger partial charge >= 0.3 is 5.97 Å². The Morgan fingerprint density at radius 1 is 1.25 bits per heavy atom. The fraction of sp³-hybridized carbons (Fsp3) is 0.188. The number of hydrogen-bond acceptors (Lipinski definition) is 3. The summed E-state index contributed by atoms with van der Waals surface area (Å²) in [4.78, 5) is 12.0. The Bertz CT molecular complexity index is 669. The van der Waals surface area contributed by atoms with E-state index in [1.807, 2.05) is 49.4 Å². The normalized spacial score (nSPS) is 17.7. The number of fused-ring (bicyclic) bond motifs is 1. The highest BCUT2D eigenvalue weighted by Crippen LogP contribution is 2.34. The van der Waals surface area contributed by atoms with Crippen LogP contribution < -0.4 is 10.1 Å². The molecule has 2 aromatic carbocycles. The van der Waals surface area contributed by atoms with E-state index in [1.54, 1.807) is 0 Å². The minimum absolute atomic E-state index is 0.0797. The molecule has 0 bridgehead atoms. The van der Waals surface area contributed by atoms with Gasteiger partial charge < -0.3 is 10.1 Å². The molecule has 4 heteroatoms. The van der Waals surface area contributed by atoms with E-state index in [1.165, 1.54) is 0 Å². The maximum Gasteiger partial charge on any atom is 0.313 e. The number of carbonyl (C=O) groups excluding carboxylic acids is 1. The van der Waals surface area contributed by atoms with Crippen molar-refractivity contribution in [2.24, 2.45) is 0 Å². The summed E-state index contributed by atoms with van der Waals surface area (Å²) in [5.74, 6) is 0.388. The highest BCUT2D eigenvalue weighted by molar-refractivity contribution is 9.10. The standard InChI is InChI=1S/C16H14BrNO2/c1-10-5-6-13-15(7-10)20-16(19)9-14(18-13)11-3-2-4-12(17)8-11/h2-8,14,18H,9H2,1H3.